The second kappa shape index (κ2) is 5.96. The Morgan fingerprint density at radius 3 is 2.71 bits per heavy atom. The van der Waals surface area contributed by atoms with E-state index < -0.39 is 16.2 Å². The molecule has 1 heterocycles. The predicted molar refractivity (Wildman–Crippen MR) is 75.5 cm³/mol. The van der Waals surface area contributed by atoms with Gasteiger partial charge < -0.3 is 9.64 Å². The van der Waals surface area contributed by atoms with E-state index in [-0.39, 0.29) is 11.5 Å². The molecule has 2 rings (SSSR count). The summed E-state index contributed by atoms with van der Waals surface area (Å²) in [6, 6.07) is 4.18. The number of ether oxygens (including phenoxy) is 1. The lowest BCUT2D eigenvalue weighted by atomic mass is 10.2. The zero-order valence-electron chi connectivity index (χ0n) is 11.2. The van der Waals surface area contributed by atoms with Gasteiger partial charge in [0.2, 0.25) is 0 Å². The van der Waals surface area contributed by atoms with E-state index in [4.69, 9.17) is 0 Å². The highest BCUT2D eigenvalue weighted by Crippen LogP contribution is 2.41. The largest absolute Gasteiger partial charge is 0.573 e. The van der Waals surface area contributed by atoms with Crippen molar-refractivity contribution in [2.45, 2.75) is 17.7 Å². The van der Waals surface area contributed by atoms with E-state index in [0.717, 1.165) is 5.69 Å². The van der Waals surface area contributed by atoms with Crippen LogP contribution in [0.15, 0.2) is 23.1 Å². The minimum absolute atomic E-state index is 0.0960. The fourth-order valence-corrected chi connectivity index (χ4v) is 3.75. The lowest BCUT2D eigenvalue weighted by molar-refractivity contribution is -0.274. The normalized spacial score (nSPS) is 15.1. The van der Waals surface area contributed by atoms with Crippen LogP contribution in [-0.2, 0) is 9.84 Å². The van der Waals surface area contributed by atoms with Crippen molar-refractivity contribution in [2.75, 3.05) is 29.3 Å². The molecular formula is C12H14F3NO3S2. The van der Waals surface area contributed by atoms with Gasteiger partial charge in [-0.05, 0) is 24.6 Å². The molecule has 0 radical (unpaired) electrons. The minimum atomic E-state index is -4.70. The smallest absolute Gasteiger partial charge is 0.406 e. The van der Waals surface area contributed by atoms with Gasteiger partial charge in [0, 0.05) is 17.7 Å². The van der Waals surface area contributed by atoms with E-state index in [1.807, 2.05) is 4.90 Å². The van der Waals surface area contributed by atoms with Gasteiger partial charge >= 0.3 is 6.36 Å². The number of hydrogen-bond donors (Lipinski definition) is 0. The molecule has 0 saturated carbocycles. The molecule has 1 aliphatic rings. The summed E-state index contributed by atoms with van der Waals surface area (Å²) < 4.78 is 62.5. The Kier molecular flexibility index (Phi) is 4.62. The molecule has 0 N–H and O–H groups in total. The van der Waals surface area contributed by atoms with Crippen molar-refractivity contribution in [3.8, 4) is 5.75 Å². The monoisotopic (exact) mass is 341 g/mol. The zero-order chi connectivity index (χ0) is 15.7. The summed E-state index contributed by atoms with van der Waals surface area (Å²) in [4.78, 5) is 2.65. The molecule has 1 aromatic carbocycles. The first kappa shape index (κ1) is 16.3. The Morgan fingerprint density at radius 1 is 1.38 bits per heavy atom. The van der Waals surface area contributed by atoms with E-state index in [9.17, 15) is 21.6 Å². The minimum Gasteiger partial charge on any atom is -0.406 e. The molecule has 0 amide bonds. The molecule has 21 heavy (non-hydrogen) atoms. The number of anilines is 1. The molecule has 0 spiro atoms. The molecule has 1 aromatic rings. The first-order valence-corrected chi connectivity index (χ1v) is 9.14. The fourth-order valence-electron chi connectivity index (χ4n) is 1.99. The van der Waals surface area contributed by atoms with Crippen LogP contribution in [0.1, 0.15) is 6.42 Å². The second-order valence-corrected chi connectivity index (χ2v) is 7.94. The molecule has 4 nitrogen and oxygen atoms in total. The van der Waals surface area contributed by atoms with Crippen LogP contribution in [0.2, 0.25) is 0 Å². The topological polar surface area (TPSA) is 46.6 Å². The van der Waals surface area contributed by atoms with Crippen LogP contribution in [0.3, 0.4) is 0 Å². The Morgan fingerprint density at radius 2 is 2.10 bits per heavy atom. The molecule has 0 atom stereocenters. The third-order valence-electron chi connectivity index (χ3n) is 2.82. The Bertz CT molecular complexity index is 617. The summed E-state index contributed by atoms with van der Waals surface area (Å²) in [6.07, 6.45) is -3.03. The van der Waals surface area contributed by atoms with Crippen LogP contribution in [0.5, 0.6) is 5.75 Å². The lowest BCUT2D eigenvalue weighted by Crippen LogP contribution is -2.22. The second-order valence-electron chi connectivity index (χ2n) is 4.70. The number of sulfone groups is 1. The summed E-state index contributed by atoms with van der Waals surface area (Å²) in [7, 11) is -3.00. The molecule has 118 valence electrons. The fraction of sp³-hybridized carbons (Fsp3) is 0.500. The number of rotatable bonds is 5. The number of thioether (sulfide) groups is 1. The lowest BCUT2D eigenvalue weighted by Gasteiger charge is -2.18. The summed E-state index contributed by atoms with van der Waals surface area (Å²) in [5, 5.41) is 0. The molecule has 0 aromatic heterocycles. The standard InChI is InChI=1S/C12H14F3NO3S2/c1-21(17,18)6-2-5-16-8-20-11-7-9(3-4-10(11)16)19-12(13,14)15/h3-4,7H,2,5-6,8H2,1H3. The van der Waals surface area contributed by atoms with Crippen molar-refractivity contribution in [2.24, 2.45) is 0 Å². The summed E-state index contributed by atoms with van der Waals surface area (Å²) in [6.45, 7) is 0.548. The van der Waals surface area contributed by atoms with Crippen molar-refractivity contribution in [3.63, 3.8) is 0 Å². The average molecular weight is 341 g/mol. The van der Waals surface area contributed by atoms with Crippen molar-refractivity contribution in [1.29, 1.82) is 0 Å². The van der Waals surface area contributed by atoms with Crippen LogP contribution in [0.4, 0.5) is 18.9 Å². The van der Waals surface area contributed by atoms with Crippen molar-refractivity contribution < 1.29 is 26.3 Å². The number of nitrogens with zero attached hydrogens (tertiary/aromatic N) is 1. The molecule has 0 fully saturated rings. The van der Waals surface area contributed by atoms with Gasteiger partial charge in [-0.2, -0.15) is 0 Å². The molecular weight excluding hydrogens is 327 g/mol. The molecule has 0 aliphatic carbocycles. The molecule has 0 saturated heterocycles. The van der Waals surface area contributed by atoms with Gasteiger partial charge in [0.15, 0.2) is 0 Å². The van der Waals surface area contributed by atoms with Crippen LogP contribution in [-0.4, -0.2) is 39.2 Å². The van der Waals surface area contributed by atoms with Crippen molar-refractivity contribution in [3.05, 3.63) is 18.2 Å². The van der Waals surface area contributed by atoms with Gasteiger partial charge in [-0.25, -0.2) is 8.42 Å². The number of fused-ring (bicyclic) bond motifs is 1. The SMILES string of the molecule is CS(=O)(=O)CCCN1CSc2cc(OC(F)(F)F)ccc21. The van der Waals surface area contributed by atoms with Crippen LogP contribution in [0.25, 0.3) is 0 Å². The van der Waals surface area contributed by atoms with Gasteiger partial charge in [-0.3, -0.25) is 0 Å². The molecule has 9 heteroatoms. The van der Waals surface area contributed by atoms with E-state index in [2.05, 4.69) is 4.74 Å². The van der Waals surface area contributed by atoms with Crippen LogP contribution < -0.4 is 9.64 Å². The summed E-state index contributed by atoms with van der Waals surface area (Å²) >= 11 is 1.40. The number of alkyl halides is 3. The number of benzene rings is 1. The third kappa shape index (κ3) is 4.99. The summed E-state index contributed by atoms with van der Waals surface area (Å²) in [5.41, 5.74) is 0.808. The van der Waals surface area contributed by atoms with Crippen molar-refractivity contribution >= 4 is 27.3 Å². The van der Waals surface area contributed by atoms with Gasteiger partial charge in [-0.15, -0.1) is 24.9 Å². The maximum atomic E-state index is 12.2. The van der Waals surface area contributed by atoms with E-state index in [1.54, 1.807) is 6.07 Å². The van der Waals surface area contributed by atoms with Crippen molar-refractivity contribution in [1.82, 2.24) is 0 Å². The first-order valence-electron chi connectivity index (χ1n) is 6.09. The van der Waals surface area contributed by atoms with Gasteiger partial charge in [0.05, 0.1) is 17.3 Å². The van der Waals surface area contributed by atoms with E-state index in [1.165, 1.54) is 30.2 Å². The summed E-state index contributed by atoms with van der Waals surface area (Å²) in [5.74, 6) is 0.444. The predicted octanol–water partition coefficient (Wildman–Crippen LogP) is 2.89. The van der Waals surface area contributed by atoms with Gasteiger partial charge in [-0.1, -0.05) is 0 Å². The van der Waals surface area contributed by atoms with E-state index >= 15 is 0 Å². The molecule has 0 unspecified atom stereocenters. The quantitative estimate of drug-likeness (QED) is 0.824. The first-order chi connectivity index (χ1) is 9.64. The van der Waals surface area contributed by atoms with E-state index in [0.29, 0.717) is 23.7 Å². The molecule has 0 bridgehead atoms. The van der Waals surface area contributed by atoms with Crippen LogP contribution >= 0.6 is 11.8 Å². The highest BCUT2D eigenvalue weighted by molar-refractivity contribution is 7.99. The average Bonchev–Trinajstić information content (AvgIpc) is 2.68. The highest BCUT2D eigenvalue weighted by Gasteiger charge is 2.32. The van der Waals surface area contributed by atoms with Gasteiger partial charge in [0.25, 0.3) is 0 Å². The number of hydrogen-bond acceptors (Lipinski definition) is 5. The van der Waals surface area contributed by atoms with Crippen LogP contribution in [0, 0.1) is 0 Å². The maximum Gasteiger partial charge on any atom is 0.573 e. The highest BCUT2D eigenvalue weighted by atomic mass is 32.2. The Hall–Kier alpha value is -1.09. The molecule has 1 aliphatic heterocycles. The zero-order valence-corrected chi connectivity index (χ0v) is 12.8. The third-order valence-corrected chi connectivity index (χ3v) is 4.93. The van der Waals surface area contributed by atoms with Gasteiger partial charge in [0.1, 0.15) is 15.6 Å². The Balaban J connectivity index is 2.01. The maximum absolute atomic E-state index is 12.2. The Labute approximate surface area is 125 Å². The number of halogens is 3.